The van der Waals surface area contributed by atoms with Crippen LogP contribution in [0.2, 0.25) is 0 Å². The van der Waals surface area contributed by atoms with E-state index < -0.39 is 26.2 Å². The molecular weight excluding hydrogens is 358 g/mol. The summed E-state index contributed by atoms with van der Waals surface area (Å²) in [5, 5.41) is 0. The van der Waals surface area contributed by atoms with E-state index in [0.29, 0.717) is 19.4 Å². The Bertz CT molecular complexity index is 1040. The van der Waals surface area contributed by atoms with E-state index in [1.807, 2.05) is 24.3 Å². The number of para-hydroxylation sites is 1. The standard InChI is InChI=1S/C17H21N3O5S/c1-19-11-15(16(21)20(2)17(19)22)26(23,24)18-10-12-7-8-25-14-6-4-3-5-13(14)9-12/h3-6,11-12,18H,7-10H2,1-2H3/t12-/m1/s1. The molecule has 0 saturated carbocycles. The Morgan fingerprint density at radius 2 is 1.96 bits per heavy atom. The predicted octanol–water partition coefficient (Wildman–Crippen LogP) is 0.00370. The molecule has 2 heterocycles. The van der Waals surface area contributed by atoms with Crippen LogP contribution in [-0.4, -0.2) is 30.7 Å². The van der Waals surface area contributed by atoms with E-state index in [2.05, 4.69) is 4.72 Å². The van der Waals surface area contributed by atoms with Gasteiger partial charge in [-0.2, -0.15) is 0 Å². The summed E-state index contributed by atoms with van der Waals surface area (Å²) in [5.74, 6) is 0.870. The maximum atomic E-state index is 12.6. The number of sulfonamides is 1. The molecule has 0 spiro atoms. The van der Waals surface area contributed by atoms with Crippen LogP contribution < -0.4 is 20.7 Å². The number of ether oxygens (including phenoxy) is 1. The molecule has 0 amide bonds. The van der Waals surface area contributed by atoms with Gasteiger partial charge in [0, 0.05) is 26.8 Å². The van der Waals surface area contributed by atoms with Crippen molar-refractivity contribution in [2.45, 2.75) is 17.7 Å². The molecule has 26 heavy (non-hydrogen) atoms. The van der Waals surface area contributed by atoms with Crippen molar-refractivity contribution in [2.24, 2.45) is 20.0 Å². The Balaban J connectivity index is 1.79. The third kappa shape index (κ3) is 3.58. The topological polar surface area (TPSA) is 99.4 Å². The number of rotatable bonds is 4. The number of fused-ring (bicyclic) bond motifs is 1. The fraction of sp³-hybridized carbons (Fsp3) is 0.412. The summed E-state index contributed by atoms with van der Waals surface area (Å²) < 4.78 is 35.2. The summed E-state index contributed by atoms with van der Waals surface area (Å²) in [6, 6.07) is 7.68. The Morgan fingerprint density at radius 3 is 2.73 bits per heavy atom. The molecule has 3 rings (SSSR count). The Morgan fingerprint density at radius 1 is 1.23 bits per heavy atom. The summed E-state index contributed by atoms with van der Waals surface area (Å²) in [5.41, 5.74) is -0.381. The number of aryl methyl sites for hydroxylation is 1. The molecular formula is C17H21N3O5S. The van der Waals surface area contributed by atoms with Gasteiger partial charge in [-0.3, -0.25) is 9.36 Å². The lowest BCUT2D eigenvalue weighted by molar-refractivity contribution is 0.294. The van der Waals surface area contributed by atoms with Crippen LogP contribution in [0, 0.1) is 5.92 Å². The van der Waals surface area contributed by atoms with E-state index in [1.54, 1.807) is 0 Å². The van der Waals surface area contributed by atoms with Crippen molar-refractivity contribution in [3.05, 3.63) is 56.9 Å². The lowest BCUT2D eigenvalue weighted by Gasteiger charge is -2.15. The summed E-state index contributed by atoms with van der Waals surface area (Å²) in [6.07, 6.45) is 2.44. The second-order valence-corrected chi connectivity index (χ2v) is 8.15. The number of benzene rings is 1. The van der Waals surface area contributed by atoms with Crippen LogP contribution >= 0.6 is 0 Å². The fourth-order valence-electron chi connectivity index (χ4n) is 3.00. The van der Waals surface area contributed by atoms with Crippen molar-refractivity contribution < 1.29 is 13.2 Å². The number of hydrogen-bond donors (Lipinski definition) is 1. The van der Waals surface area contributed by atoms with E-state index in [4.69, 9.17) is 4.74 Å². The largest absolute Gasteiger partial charge is 0.493 e. The lowest BCUT2D eigenvalue weighted by Crippen LogP contribution is -2.42. The molecule has 1 N–H and O–H groups in total. The number of nitrogens with zero attached hydrogens (tertiary/aromatic N) is 2. The van der Waals surface area contributed by atoms with Crippen LogP contribution in [0.1, 0.15) is 12.0 Å². The fourth-order valence-corrected chi connectivity index (χ4v) is 4.28. The molecule has 1 aliphatic rings. The van der Waals surface area contributed by atoms with Crippen molar-refractivity contribution in [2.75, 3.05) is 13.2 Å². The highest BCUT2D eigenvalue weighted by atomic mass is 32.2. The van der Waals surface area contributed by atoms with Gasteiger partial charge in [-0.25, -0.2) is 17.9 Å². The highest BCUT2D eigenvalue weighted by molar-refractivity contribution is 7.89. The molecule has 140 valence electrons. The first-order valence-electron chi connectivity index (χ1n) is 8.26. The average Bonchev–Trinajstić information content (AvgIpc) is 2.83. The Labute approximate surface area is 151 Å². The van der Waals surface area contributed by atoms with Gasteiger partial charge in [0.25, 0.3) is 5.56 Å². The van der Waals surface area contributed by atoms with Gasteiger partial charge in [0.2, 0.25) is 10.0 Å². The van der Waals surface area contributed by atoms with Gasteiger partial charge in [0.15, 0.2) is 4.90 Å². The summed E-state index contributed by atoms with van der Waals surface area (Å²) in [7, 11) is -1.37. The molecule has 1 atom stereocenters. The zero-order valence-corrected chi connectivity index (χ0v) is 15.5. The van der Waals surface area contributed by atoms with E-state index in [-0.39, 0.29) is 12.5 Å². The Kier molecular flexibility index (Phi) is 5.01. The van der Waals surface area contributed by atoms with E-state index in [9.17, 15) is 18.0 Å². The maximum Gasteiger partial charge on any atom is 0.330 e. The average molecular weight is 379 g/mol. The van der Waals surface area contributed by atoms with Crippen molar-refractivity contribution in [1.82, 2.24) is 13.9 Å². The van der Waals surface area contributed by atoms with Crippen molar-refractivity contribution in [3.8, 4) is 5.75 Å². The Hall–Kier alpha value is -2.39. The van der Waals surface area contributed by atoms with Crippen LogP contribution in [0.15, 0.2) is 44.9 Å². The van der Waals surface area contributed by atoms with E-state index in [0.717, 1.165) is 26.6 Å². The molecule has 1 aromatic carbocycles. The first-order chi connectivity index (χ1) is 12.3. The molecule has 0 saturated heterocycles. The molecule has 1 aromatic heterocycles. The minimum Gasteiger partial charge on any atom is -0.493 e. The van der Waals surface area contributed by atoms with Gasteiger partial charge < -0.3 is 9.30 Å². The third-order valence-corrected chi connectivity index (χ3v) is 5.94. The molecule has 0 unspecified atom stereocenters. The minimum atomic E-state index is -4.03. The third-order valence-electron chi connectivity index (χ3n) is 4.53. The normalized spacial score (nSPS) is 17.2. The maximum absolute atomic E-state index is 12.6. The SMILES string of the molecule is Cn1cc(S(=O)(=O)NC[C@@H]2CCOc3ccccc3C2)c(=O)n(C)c1=O. The van der Waals surface area contributed by atoms with Gasteiger partial charge in [-0.1, -0.05) is 18.2 Å². The highest BCUT2D eigenvalue weighted by Crippen LogP contribution is 2.26. The molecule has 0 aliphatic carbocycles. The van der Waals surface area contributed by atoms with Crippen LogP contribution in [0.25, 0.3) is 0 Å². The number of aromatic nitrogens is 2. The van der Waals surface area contributed by atoms with Crippen LogP contribution in [0.4, 0.5) is 0 Å². The summed E-state index contributed by atoms with van der Waals surface area (Å²) >= 11 is 0. The quantitative estimate of drug-likeness (QED) is 0.806. The summed E-state index contributed by atoms with van der Waals surface area (Å²) in [4.78, 5) is 23.5. The molecule has 8 nitrogen and oxygen atoms in total. The highest BCUT2D eigenvalue weighted by Gasteiger charge is 2.24. The lowest BCUT2D eigenvalue weighted by atomic mass is 9.97. The van der Waals surface area contributed by atoms with E-state index in [1.165, 1.54) is 14.1 Å². The monoisotopic (exact) mass is 379 g/mol. The number of nitrogens with one attached hydrogen (secondary N) is 1. The molecule has 0 bridgehead atoms. The van der Waals surface area contributed by atoms with Crippen molar-refractivity contribution >= 4 is 10.0 Å². The van der Waals surface area contributed by atoms with E-state index >= 15 is 0 Å². The minimum absolute atomic E-state index is 0.0461. The van der Waals surface area contributed by atoms with Gasteiger partial charge >= 0.3 is 5.69 Å². The molecule has 9 heteroatoms. The van der Waals surface area contributed by atoms with Gasteiger partial charge in [-0.05, 0) is 30.4 Å². The van der Waals surface area contributed by atoms with Crippen molar-refractivity contribution in [1.29, 1.82) is 0 Å². The molecule has 0 fully saturated rings. The first-order valence-corrected chi connectivity index (χ1v) is 9.75. The molecule has 2 aromatic rings. The zero-order valence-electron chi connectivity index (χ0n) is 14.6. The predicted molar refractivity (Wildman–Crippen MR) is 95.9 cm³/mol. The van der Waals surface area contributed by atoms with Gasteiger partial charge in [0.1, 0.15) is 5.75 Å². The zero-order chi connectivity index (χ0) is 18.9. The second kappa shape index (κ2) is 7.08. The first kappa shape index (κ1) is 18.4. The van der Waals surface area contributed by atoms with Crippen LogP contribution in [0.3, 0.4) is 0 Å². The van der Waals surface area contributed by atoms with Crippen LogP contribution in [-0.2, 0) is 30.5 Å². The van der Waals surface area contributed by atoms with Gasteiger partial charge in [-0.15, -0.1) is 0 Å². The summed E-state index contributed by atoms with van der Waals surface area (Å²) in [6.45, 7) is 0.692. The van der Waals surface area contributed by atoms with Crippen LogP contribution in [0.5, 0.6) is 5.75 Å². The molecule has 0 radical (unpaired) electrons. The number of hydrogen-bond acceptors (Lipinski definition) is 5. The van der Waals surface area contributed by atoms with Crippen molar-refractivity contribution in [3.63, 3.8) is 0 Å². The molecule has 1 aliphatic heterocycles. The second-order valence-electron chi connectivity index (χ2n) is 6.42. The van der Waals surface area contributed by atoms with Gasteiger partial charge in [0.05, 0.1) is 6.61 Å². The smallest absolute Gasteiger partial charge is 0.330 e.